The minimum Gasteiger partial charge on any atom is -0.454 e. The van der Waals surface area contributed by atoms with Crippen LogP contribution in [-0.4, -0.2) is 51.3 Å². The fourth-order valence-corrected chi connectivity index (χ4v) is 2.04. The number of hydrogen-bond donors (Lipinski definition) is 2. The number of ether oxygens (including phenoxy) is 2. The summed E-state index contributed by atoms with van der Waals surface area (Å²) in [7, 11) is 4.11. The van der Waals surface area contributed by atoms with Crippen LogP contribution in [0.4, 0.5) is 5.69 Å². The number of nitrogens with one attached hydrogen (secondary N) is 2. The van der Waals surface area contributed by atoms with Gasteiger partial charge in [0.1, 0.15) is 0 Å². The van der Waals surface area contributed by atoms with Gasteiger partial charge in [0, 0.05) is 24.7 Å². The van der Waals surface area contributed by atoms with E-state index in [0.717, 1.165) is 30.9 Å². The zero-order chi connectivity index (χ0) is 15.1. The Labute approximate surface area is 125 Å². The smallest absolute Gasteiger partial charge is 0.231 e. The van der Waals surface area contributed by atoms with Crippen LogP contribution in [0.3, 0.4) is 0 Å². The fourth-order valence-electron chi connectivity index (χ4n) is 2.04. The molecular weight excluding hydrogens is 270 g/mol. The second kappa shape index (κ2) is 7.85. The zero-order valence-corrected chi connectivity index (χ0v) is 12.6. The first kappa shape index (κ1) is 15.6. The van der Waals surface area contributed by atoms with Gasteiger partial charge in [-0.2, -0.15) is 0 Å². The minimum absolute atomic E-state index is 0.00558. The molecular formula is C15H23N3O3. The summed E-state index contributed by atoms with van der Waals surface area (Å²) in [4.78, 5) is 14.0. The van der Waals surface area contributed by atoms with Crippen LogP contribution in [0.2, 0.25) is 0 Å². The van der Waals surface area contributed by atoms with E-state index in [-0.39, 0.29) is 12.7 Å². The summed E-state index contributed by atoms with van der Waals surface area (Å²) in [5.74, 6) is 1.39. The maximum absolute atomic E-state index is 11.8. The average Bonchev–Trinajstić information content (AvgIpc) is 2.89. The van der Waals surface area contributed by atoms with Gasteiger partial charge in [0.05, 0.1) is 0 Å². The molecule has 0 bridgehead atoms. The van der Waals surface area contributed by atoms with Crippen LogP contribution in [0.1, 0.15) is 12.8 Å². The largest absolute Gasteiger partial charge is 0.454 e. The van der Waals surface area contributed by atoms with Crippen LogP contribution in [0.15, 0.2) is 18.2 Å². The first-order valence-corrected chi connectivity index (χ1v) is 7.20. The van der Waals surface area contributed by atoms with E-state index in [1.165, 1.54) is 0 Å². The van der Waals surface area contributed by atoms with Crippen LogP contribution < -0.4 is 20.1 Å². The first-order chi connectivity index (χ1) is 10.1. The summed E-state index contributed by atoms with van der Waals surface area (Å²) in [6, 6.07) is 5.40. The number of hydrogen-bond acceptors (Lipinski definition) is 5. The predicted molar refractivity (Wildman–Crippen MR) is 81.9 cm³/mol. The van der Waals surface area contributed by atoms with E-state index in [4.69, 9.17) is 9.47 Å². The molecule has 0 saturated carbocycles. The molecule has 1 amide bonds. The summed E-state index contributed by atoms with van der Waals surface area (Å²) in [5, 5.41) is 6.12. The van der Waals surface area contributed by atoms with E-state index >= 15 is 0 Å². The molecule has 0 unspecified atom stereocenters. The van der Waals surface area contributed by atoms with Crippen molar-refractivity contribution in [1.82, 2.24) is 10.2 Å². The molecule has 1 aliphatic rings. The van der Waals surface area contributed by atoms with Gasteiger partial charge in [-0.05, 0) is 45.7 Å². The Balaban J connectivity index is 1.63. The minimum atomic E-state index is -0.00558. The van der Waals surface area contributed by atoms with Crippen molar-refractivity contribution in [2.45, 2.75) is 12.8 Å². The van der Waals surface area contributed by atoms with Gasteiger partial charge in [-0.1, -0.05) is 0 Å². The van der Waals surface area contributed by atoms with Gasteiger partial charge < -0.3 is 25.0 Å². The molecule has 2 N–H and O–H groups in total. The first-order valence-electron chi connectivity index (χ1n) is 7.20. The lowest BCUT2D eigenvalue weighted by molar-refractivity contribution is -0.116. The lowest BCUT2D eigenvalue weighted by Crippen LogP contribution is -2.25. The Bertz CT molecular complexity index is 477. The van der Waals surface area contributed by atoms with E-state index in [9.17, 15) is 4.79 Å². The summed E-state index contributed by atoms with van der Waals surface area (Å²) in [6.07, 6.45) is 1.53. The van der Waals surface area contributed by atoms with E-state index in [0.29, 0.717) is 18.7 Å². The number of carbonyl (C=O) groups excluding carboxylic acids is 1. The Morgan fingerprint density at radius 1 is 1.24 bits per heavy atom. The fraction of sp³-hybridized carbons (Fsp3) is 0.533. The van der Waals surface area contributed by atoms with E-state index < -0.39 is 0 Å². The monoisotopic (exact) mass is 293 g/mol. The molecule has 21 heavy (non-hydrogen) atoms. The molecule has 1 aromatic rings. The van der Waals surface area contributed by atoms with Crippen molar-refractivity contribution in [1.29, 1.82) is 0 Å². The third-order valence-electron chi connectivity index (χ3n) is 3.14. The molecule has 1 aromatic carbocycles. The maximum atomic E-state index is 11.8. The highest BCUT2D eigenvalue weighted by atomic mass is 16.7. The maximum Gasteiger partial charge on any atom is 0.231 e. The number of amides is 1. The van der Waals surface area contributed by atoms with Gasteiger partial charge in [-0.15, -0.1) is 0 Å². The Morgan fingerprint density at radius 3 is 2.86 bits per heavy atom. The van der Waals surface area contributed by atoms with Gasteiger partial charge in [-0.3, -0.25) is 4.79 Å². The van der Waals surface area contributed by atoms with Crippen molar-refractivity contribution in [3.63, 3.8) is 0 Å². The van der Waals surface area contributed by atoms with Gasteiger partial charge in [-0.25, -0.2) is 0 Å². The lowest BCUT2D eigenvalue weighted by atomic mass is 10.2. The van der Waals surface area contributed by atoms with Crippen molar-refractivity contribution in [3.05, 3.63) is 18.2 Å². The topological polar surface area (TPSA) is 62.8 Å². The van der Waals surface area contributed by atoms with Crippen molar-refractivity contribution < 1.29 is 14.3 Å². The predicted octanol–water partition coefficient (Wildman–Crippen LogP) is 1.29. The van der Waals surface area contributed by atoms with Crippen molar-refractivity contribution in [3.8, 4) is 11.5 Å². The molecule has 116 valence electrons. The van der Waals surface area contributed by atoms with Crippen LogP contribution in [0.5, 0.6) is 11.5 Å². The quantitative estimate of drug-likeness (QED) is 0.707. The third kappa shape index (κ3) is 5.24. The molecule has 0 atom stereocenters. The van der Waals surface area contributed by atoms with Crippen LogP contribution in [0, 0.1) is 0 Å². The molecule has 0 fully saturated rings. The molecule has 2 rings (SSSR count). The highest BCUT2D eigenvalue weighted by Gasteiger charge is 2.13. The second-order valence-electron chi connectivity index (χ2n) is 5.27. The Morgan fingerprint density at radius 2 is 2.05 bits per heavy atom. The molecule has 0 saturated heterocycles. The van der Waals surface area contributed by atoms with E-state index in [1.807, 2.05) is 6.07 Å². The summed E-state index contributed by atoms with van der Waals surface area (Å²) in [5.41, 5.74) is 0.733. The van der Waals surface area contributed by atoms with E-state index in [1.54, 1.807) is 12.1 Å². The van der Waals surface area contributed by atoms with Gasteiger partial charge in [0.15, 0.2) is 11.5 Å². The number of carbonyl (C=O) groups is 1. The molecule has 0 aromatic heterocycles. The number of anilines is 1. The van der Waals surface area contributed by atoms with Gasteiger partial charge in [0.25, 0.3) is 0 Å². The molecule has 6 heteroatoms. The average molecular weight is 293 g/mol. The summed E-state index contributed by atoms with van der Waals surface area (Å²) >= 11 is 0. The van der Waals surface area contributed by atoms with E-state index in [2.05, 4.69) is 29.6 Å². The van der Waals surface area contributed by atoms with Gasteiger partial charge >= 0.3 is 0 Å². The Kier molecular flexibility index (Phi) is 5.83. The summed E-state index contributed by atoms with van der Waals surface area (Å²) < 4.78 is 10.5. The molecule has 1 aliphatic heterocycles. The highest BCUT2D eigenvalue weighted by molar-refractivity contribution is 5.91. The van der Waals surface area contributed by atoms with Crippen molar-refractivity contribution >= 4 is 11.6 Å². The Hall–Kier alpha value is -1.79. The molecule has 1 heterocycles. The number of fused-ring (bicyclic) bond motifs is 1. The normalized spacial score (nSPS) is 12.7. The standard InChI is InChI=1S/C15H23N3O3/c1-18(2)9-3-7-16-8-6-15(19)17-12-4-5-13-14(10-12)21-11-20-13/h4-5,10,16H,3,6-9,11H2,1-2H3,(H,17,19). The van der Waals surface area contributed by atoms with Crippen molar-refractivity contribution in [2.24, 2.45) is 0 Å². The van der Waals surface area contributed by atoms with Crippen LogP contribution in [0.25, 0.3) is 0 Å². The number of benzene rings is 1. The van der Waals surface area contributed by atoms with Gasteiger partial charge in [0.2, 0.25) is 12.7 Å². The zero-order valence-electron chi connectivity index (χ0n) is 12.6. The van der Waals surface area contributed by atoms with Crippen molar-refractivity contribution in [2.75, 3.05) is 45.8 Å². The third-order valence-corrected chi connectivity index (χ3v) is 3.14. The number of nitrogens with zero attached hydrogens (tertiary/aromatic N) is 1. The highest BCUT2D eigenvalue weighted by Crippen LogP contribution is 2.34. The molecule has 0 radical (unpaired) electrons. The second-order valence-corrected chi connectivity index (χ2v) is 5.27. The summed E-state index contributed by atoms with van der Waals surface area (Å²) in [6.45, 7) is 2.90. The lowest BCUT2D eigenvalue weighted by Gasteiger charge is -2.10. The van der Waals surface area contributed by atoms with Crippen LogP contribution >= 0.6 is 0 Å². The molecule has 0 aliphatic carbocycles. The van der Waals surface area contributed by atoms with Crippen LogP contribution in [-0.2, 0) is 4.79 Å². The molecule has 0 spiro atoms. The molecule has 6 nitrogen and oxygen atoms in total. The number of rotatable bonds is 8. The SMILES string of the molecule is CN(C)CCCNCCC(=O)Nc1ccc2c(c1)OCO2.